The molecule has 3 aromatic heterocycles. The number of nitrogens with zero attached hydrogens (tertiary/aromatic N) is 3. The van der Waals surface area contributed by atoms with Crippen molar-refractivity contribution in [2.75, 3.05) is 0 Å². The molecule has 0 radical (unpaired) electrons. The molecule has 0 aliphatic carbocycles. The Bertz CT molecular complexity index is 1240. The first kappa shape index (κ1) is 16.7. The summed E-state index contributed by atoms with van der Waals surface area (Å²) in [7, 11) is 0. The summed E-state index contributed by atoms with van der Waals surface area (Å²) in [6.45, 7) is 4.09. The summed E-state index contributed by atoms with van der Waals surface area (Å²) in [5, 5.41) is 2.99. The third kappa shape index (κ3) is 2.97. The van der Waals surface area contributed by atoms with Crippen LogP contribution in [0.5, 0.6) is 0 Å². The van der Waals surface area contributed by atoms with Crippen LogP contribution in [0.2, 0.25) is 0 Å². The SMILES string of the molecule is C=CCn1c(SCc2nc3ccsc3c(=O)[nH]2)nc2ccccc2c1=O. The molecule has 4 rings (SSSR count). The van der Waals surface area contributed by atoms with E-state index in [1.807, 2.05) is 29.6 Å². The van der Waals surface area contributed by atoms with E-state index in [0.29, 0.717) is 44.4 Å². The molecule has 0 bridgehead atoms. The van der Waals surface area contributed by atoms with Crippen molar-refractivity contribution in [3.8, 4) is 0 Å². The zero-order chi connectivity index (χ0) is 18.1. The Morgan fingerprint density at radius 2 is 2.04 bits per heavy atom. The number of nitrogens with one attached hydrogen (secondary N) is 1. The smallest absolute Gasteiger partial charge is 0.268 e. The number of hydrogen-bond donors (Lipinski definition) is 1. The second-order valence-corrected chi connectivity index (χ2v) is 7.41. The van der Waals surface area contributed by atoms with Crippen molar-refractivity contribution >= 4 is 44.2 Å². The lowest BCUT2D eigenvalue weighted by Gasteiger charge is -2.11. The summed E-state index contributed by atoms with van der Waals surface area (Å²) >= 11 is 2.73. The van der Waals surface area contributed by atoms with Crippen molar-refractivity contribution < 1.29 is 0 Å². The Kier molecular flexibility index (Phi) is 4.44. The first-order chi connectivity index (χ1) is 12.7. The molecule has 0 saturated carbocycles. The number of hydrogen-bond acceptors (Lipinski definition) is 6. The van der Waals surface area contributed by atoms with Crippen LogP contribution in [0.1, 0.15) is 5.82 Å². The maximum absolute atomic E-state index is 12.7. The van der Waals surface area contributed by atoms with Crippen molar-refractivity contribution in [1.29, 1.82) is 0 Å². The van der Waals surface area contributed by atoms with Crippen molar-refractivity contribution in [2.45, 2.75) is 17.5 Å². The highest BCUT2D eigenvalue weighted by molar-refractivity contribution is 7.98. The summed E-state index contributed by atoms with van der Waals surface area (Å²) in [6, 6.07) is 9.08. The number of thiophene rings is 1. The van der Waals surface area contributed by atoms with E-state index in [4.69, 9.17) is 0 Å². The molecule has 0 aliphatic rings. The van der Waals surface area contributed by atoms with Crippen LogP contribution in [0.3, 0.4) is 0 Å². The van der Waals surface area contributed by atoms with Gasteiger partial charge in [-0.05, 0) is 23.6 Å². The number of rotatable bonds is 5. The first-order valence-electron chi connectivity index (χ1n) is 7.87. The number of aromatic amines is 1. The summed E-state index contributed by atoms with van der Waals surface area (Å²) in [5.41, 5.74) is 1.09. The fourth-order valence-electron chi connectivity index (χ4n) is 2.67. The first-order valence-corrected chi connectivity index (χ1v) is 9.73. The van der Waals surface area contributed by atoms with E-state index in [1.54, 1.807) is 16.7 Å². The van der Waals surface area contributed by atoms with Gasteiger partial charge in [-0.3, -0.25) is 14.2 Å². The maximum atomic E-state index is 12.7. The van der Waals surface area contributed by atoms with Crippen LogP contribution in [0.25, 0.3) is 21.1 Å². The third-order valence-corrected chi connectivity index (χ3v) is 5.73. The Morgan fingerprint density at radius 3 is 2.88 bits per heavy atom. The highest BCUT2D eigenvalue weighted by Gasteiger charge is 2.12. The summed E-state index contributed by atoms with van der Waals surface area (Å²) in [6.07, 6.45) is 1.67. The minimum Gasteiger partial charge on any atom is -0.309 e. The Hall–Kier alpha value is -2.71. The average molecular weight is 382 g/mol. The number of aromatic nitrogens is 4. The van der Waals surface area contributed by atoms with Crippen LogP contribution in [0.4, 0.5) is 0 Å². The fourth-order valence-corrected chi connectivity index (χ4v) is 4.28. The van der Waals surface area contributed by atoms with Gasteiger partial charge in [0, 0.05) is 6.54 Å². The minimum atomic E-state index is -0.143. The quantitative estimate of drug-likeness (QED) is 0.326. The standard InChI is InChI=1S/C18H14N4O2S2/c1-2-8-22-17(24)11-5-3-4-6-12(11)20-18(22)26-10-14-19-13-7-9-25-15(13)16(23)21-14/h2-7,9H,1,8,10H2,(H,19,21,23). The molecule has 6 nitrogen and oxygen atoms in total. The van der Waals surface area contributed by atoms with E-state index in [9.17, 15) is 9.59 Å². The molecule has 8 heteroatoms. The largest absolute Gasteiger partial charge is 0.309 e. The molecule has 26 heavy (non-hydrogen) atoms. The normalized spacial score (nSPS) is 11.2. The van der Waals surface area contributed by atoms with E-state index < -0.39 is 0 Å². The monoisotopic (exact) mass is 382 g/mol. The number of H-pyrrole nitrogens is 1. The van der Waals surface area contributed by atoms with E-state index in [2.05, 4.69) is 21.5 Å². The Labute approximate surface area is 156 Å². The topological polar surface area (TPSA) is 80.6 Å². The van der Waals surface area contributed by atoms with Gasteiger partial charge in [0.1, 0.15) is 10.5 Å². The fraction of sp³-hybridized carbons (Fsp3) is 0.111. The molecular formula is C18H14N4O2S2. The van der Waals surface area contributed by atoms with Crippen molar-refractivity contribution in [1.82, 2.24) is 19.5 Å². The molecule has 0 aliphatic heterocycles. The highest BCUT2D eigenvalue weighted by Crippen LogP contribution is 2.22. The van der Waals surface area contributed by atoms with Gasteiger partial charge in [0.2, 0.25) is 0 Å². The number of thioether (sulfide) groups is 1. The van der Waals surface area contributed by atoms with Crippen LogP contribution >= 0.6 is 23.1 Å². The molecule has 0 atom stereocenters. The number of benzene rings is 1. The minimum absolute atomic E-state index is 0.104. The third-order valence-electron chi connectivity index (χ3n) is 3.84. The molecule has 0 saturated heterocycles. The van der Waals surface area contributed by atoms with Crippen LogP contribution in [0.15, 0.2) is 63.1 Å². The summed E-state index contributed by atoms with van der Waals surface area (Å²) in [4.78, 5) is 36.7. The molecule has 4 aromatic rings. The number of fused-ring (bicyclic) bond motifs is 2. The van der Waals surface area contributed by atoms with E-state index >= 15 is 0 Å². The lowest BCUT2D eigenvalue weighted by molar-refractivity contribution is 0.671. The van der Waals surface area contributed by atoms with Crippen LogP contribution in [-0.4, -0.2) is 19.5 Å². The van der Waals surface area contributed by atoms with Gasteiger partial charge in [-0.1, -0.05) is 30.0 Å². The zero-order valence-corrected chi connectivity index (χ0v) is 15.3. The lowest BCUT2D eigenvalue weighted by atomic mass is 10.2. The van der Waals surface area contributed by atoms with Gasteiger partial charge in [-0.2, -0.15) is 0 Å². The maximum Gasteiger partial charge on any atom is 0.268 e. The van der Waals surface area contributed by atoms with Gasteiger partial charge in [0.15, 0.2) is 5.16 Å². The van der Waals surface area contributed by atoms with Gasteiger partial charge in [0.05, 0.1) is 22.2 Å². The second-order valence-electron chi connectivity index (χ2n) is 5.55. The van der Waals surface area contributed by atoms with Gasteiger partial charge in [0.25, 0.3) is 11.1 Å². The summed E-state index contributed by atoms with van der Waals surface area (Å²) in [5.74, 6) is 0.960. The molecule has 0 unspecified atom stereocenters. The average Bonchev–Trinajstić information content (AvgIpc) is 3.12. The van der Waals surface area contributed by atoms with Gasteiger partial charge in [-0.25, -0.2) is 9.97 Å². The predicted molar refractivity (Wildman–Crippen MR) is 106 cm³/mol. The molecule has 130 valence electrons. The van der Waals surface area contributed by atoms with Crippen LogP contribution < -0.4 is 11.1 Å². The predicted octanol–water partition coefficient (Wildman–Crippen LogP) is 3.17. The number of para-hydroxylation sites is 1. The lowest BCUT2D eigenvalue weighted by Crippen LogP contribution is -2.22. The van der Waals surface area contributed by atoms with E-state index in [0.717, 1.165) is 0 Å². The summed E-state index contributed by atoms with van der Waals surface area (Å²) < 4.78 is 2.20. The zero-order valence-electron chi connectivity index (χ0n) is 13.6. The second kappa shape index (κ2) is 6.89. The van der Waals surface area contributed by atoms with Gasteiger partial charge < -0.3 is 4.98 Å². The van der Waals surface area contributed by atoms with Gasteiger partial charge in [-0.15, -0.1) is 17.9 Å². The van der Waals surface area contributed by atoms with Crippen LogP contribution in [-0.2, 0) is 12.3 Å². The highest BCUT2D eigenvalue weighted by atomic mass is 32.2. The molecular weight excluding hydrogens is 368 g/mol. The van der Waals surface area contributed by atoms with Crippen molar-refractivity contribution in [2.24, 2.45) is 0 Å². The molecule has 0 spiro atoms. The molecule has 0 amide bonds. The molecule has 1 N–H and O–H groups in total. The van der Waals surface area contributed by atoms with Crippen molar-refractivity contribution in [3.63, 3.8) is 0 Å². The molecule has 1 aromatic carbocycles. The number of allylic oxidation sites excluding steroid dienone is 1. The van der Waals surface area contributed by atoms with Crippen LogP contribution in [0, 0.1) is 0 Å². The van der Waals surface area contributed by atoms with Gasteiger partial charge >= 0.3 is 0 Å². The Morgan fingerprint density at radius 1 is 1.19 bits per heavy atom. The van der Waals surface area contributed by atoms with E-state index in [1.165, 1.54) is 23.1 Å². The Balaban J connectivity index is 1.73. The molecule has 0 fully saturated rings. The molecule has 3 heterocycles. The van der Waals surface area contributed by atoms with E-state index in [-0.39, 0.29) is 11.1 Å². The van der Waals surface area contributed by atoms with Crippen molar-refractivity contribution in [3.05, 3.63) is 74.9 Å².